The predicted octanol–water partition coefficient (Wildman–Crippen LogP) is 4.02. The summed E-state index contributed by atoms with van der Waals surface area (Å²) < 4.78 is 0. The number of anilines is 1. The molecule has 0 amide bonds. The summed E-state index contributed by atoms with van der Waals surface area (Å²) in [5, 5.41) is 13.0. The number of dihydropyridines is 1. The number of hydrogen-bond acceptors (Lipinski definition) is 4. The molecule has 0 bridgehead atoms. The van der Waals surface area contributed by atoms with Crippen molar-refractivity contribution < 1.29 is 4.79 Å². The third-order valence-electron chi connectivity index (χ3n) is 5.25. The summed E-state index contributed by atoms with van der Waals surface area (Å²) in [6.45, 7) is 8.13. The van der Waals surface area contributed by atoms with Gasteiger partial charge in [0.05, 0.1) is 17.6 Å². The van der Waals surface area contributed by atoms with Crippen LogP contribution < -0.4 is 10.2 Å². The molecule has 130 valence electrons. The van der Waals surface area contributed by atoms with Crippen LogP contribution in [0.2, 0.25) is 0 Å². The first-order valence-corrected chi connectivity index (χ1v) is 9.09. The average Bonchev–Trinajstić information content (AvgIpc) is 2.62. The molecule has 0 spiro atoms. The summed E-state index contributed by atoms with van der Waals surface area (Å²) in [5.41, 5.74) is 5.52. The lowest BCUT2D eigenvalue weighted by Crippen LogP contribution is -2.31. The lowest BCUT2D eigenvalue weighted by molar-refractivity contribution is -0.116. The lowest BCUT2D eigenvalue weighted by Gasteiger charge is -2.33. The van der Waals surface area contributed by atoms with Crippen molar-refractivity contribution in [1.29, 1.82) is 5.26 Å². The third kappa shape index (κ3) is 3.07. The number of hydrogen-bond donors (Lipinski definition) is 1. The third-order valence-corrected chi connectivity index (χ3v) is 5.25. The number of allylic oxidation sites excluding steroid dienone is 4. The maximum absolute atomic E-state index is 12.6. The molecule has 1 N–H and O–H groups in total. The minimum Gasteiger partial charge on any atom is -0.372 e. The highest BCUT2D eigenvalue weighted by Gasteiger charge is 2.35. The van der Waals surface area contributed by atoms with E-state index in [2.05, 4.69) is 54.4 Å². The Labute approximate surface area is 149 Å². The van der Waals surface area contributed by atoms with Gasteiger partial charge in [-0.1, -0.05) is 12.1 Å². The summed E-state index contributed by atoms with van der Waals surface area (Å²) in [7, 11) is 0. The number of nitriles is 1. The van der Waals surface area contributed by atoms with Crippen LogP contribution in [0.5, 0.6) is 0 Å². The van der Waals surface area contributed by atoms with Crippen LogP contribution in [-0.4, -0.2) is 18.9 Å². The molecule has 0 radical (unpaired) electrons. The number of nitrogens with zero attached hydrogens (tertiary/aromatic N) is 2. The Hall–Kier alpha value is -2.54. The number of ketones is 1. The molecule has 0 aromatic heterocycles. The van der Waals surface area contributed by atoms with Crippen LogP contribution in [0.15, 0.2) is 46.8 Å². The second-order valence-corrected chi connectivity index (χ2v) is 6.64. The molecule has 1 atom stereocenters. The number of rotatable bonds is 4. The number of Topliss-reactive ketones (excluding diaryl/α,β-unsaturated/α-hetero) is 1. The highest BCUT2D eigenvalue weighted by molar-refractivity contribution is 5.99. The molecule has 0 saturated heterocycles. The Kier molecular flexibility index (Phi) is 4.94. The van der Waals surface area contributed by atoms with Crippen molar-refractivity contribution in [3.05, 3.63) is 52.4 Å². The van der Waals surface area contributed by atoms with Gasteiger partial charge < -0.3 is 10.2 Å². The van der Waals surface area contributed by atoms with Gasteiger partial charge in [0.1, 0.15) is 0 Å². The van der Waals surface area contributed by atoms with Crippen molar-refractivity contribution in [2.24, 2.45) is 0 Å². The molecule has 1 aromatic rings. The largest absolute Gasteiger partial charge is 0.372 e. The highest BCUT2D eigenvalue weighted by Crippen LogP contribution is 2.41. The van der Waals surface area contributed by atoms with Gasteiger partial charge in [0, 0.05) is 42.2 Å². The molecule has 1 heterocycles. The van der Waals surface area contributed by atoms with Gasteiger partial charge in [0.25, 0.3) is 0 Å². The predicted molar refractivity (Wildman–Crippen MR) is 100 cm³/mol. The monoisotopic (exact) mass is 335 g/mol. The number of nitrogens with one attached hydrogen (secondary N) is 1. The highest BCUT2D eigenvalue weighted by atomic mass is 16.1. The smallest absolute Gasteiger partial charge is 0.161 e. The summed E-state index contributed by atoms with van der Waals surface area (Å²) >= 11 is 0. The van der Waals surface area contributed by atoms with Gasteiger partial charge in [0.2, 0.25) is 0 Å². The van der Waals surface area contributed by atoms with Gasteiger partial charge in [-0.15, -0.1) is 0 Å². The van der Waals surface area contributed by atoms with Gasteiger partial charge in [-0.3, -0.25) is 4.79 Å². The van der Waals surface area contributed by atoms with Crippen molar-refractivity contribution in [2.75, 3.05) is 18.0 Å². The number of carbonyl (C=O) groups excluding carboxylic acids is 1. The van der Waals surface area contributed by atoms with E-state index in [1.807, 2.05) is 6.92 Å². The van der Waals surface area contributed by atoms with E-state index in [0.717, 1.165) is 48.5 Å². The first-order chi connectivity index (χ1) is 12.1. The van der Waals surface area contributed by atoms with Gasteiger partial charge in [-0.05, 0) is 51.3 Å². The molecule has 4 heteroatoms. The molecular weight excluding hydrogens is 310 g/mol. The average molecular weight is 335 g/mol. The summed E-state index contributed by atoms with van der Waals surface area (Å²) in [6.07, 6.45) is 2.34. The first-order valence-electron chi connectivity index (χ1n) is 9.09. The molecule has 0 unspecified atom stereocenters. The minimum atomic E-state index is -0.236. The molecule has 1 aliphatic carbocycles. The van der Waals surface area contributed by atoms with Crippen molar-refractivity contribution in [2.45, 2.75) is 46.0 Å². The molecule has 4 nitrogen and oxygen atoms in total. The summed E-state index contributed by atoms with van der Waals surface area (Å²) in [6, 6.07) is 10.7. The van der Waals surface area contributed by atoms with E-state index in [0.29, 0.717) is 12.0 Å². The Morgan fingerprint density at radius 1 is 1.20 bits per heavy atom. The SMILES string of the molecule is CCN(CC)c1ccc([C@H]2C(C#N)=C(C)NC3=C2C(=O)CCC3)cc1. The quantitative estimate of drug-likeness (QED) is 0.903. The summed E-state index contributed by atoms with van der Waals surface area (Å²) in [5.74, 6) is -0.0633. The van der Waals surface area contributed by atoms with E-state index in [1.165, 1.54) is 5.69 Å². The molecular formula is C21H25N3O. The second kappa shape index (κ2) is 7.14. The zero-order valence-corrected chi connectivity index (χ0v) is 15.2. The van der Waals surface area contributed by atoms with Gasteiger partial charge >= 0.3 is 0 Å². The minimum absolute atomic E-state index is 0.173. The van der Waals surface area contributed by atoms with E-state index in [1.54, 1.807) is 0 Å². The fourth-order valence-corrected chi connectivity index (χ4v) is 3.93. The molecule has 1 aliphatic heterocycles. The maximum atomic E-state index is 12.6. The van der Waals surface area contributed by atoms with E-state index in [4.69, 9.17) is 0 Å². The molecule has 0 fully saturated rings. The first kappa shape index (κ1) is 17.3. The maximum Gasteiger partial charge on any atom is 0.161 e. The van der Waals surface area contributed by atoms with Crippen LogP contribution in [-0.2, 0) is 4.79 Å². The standard InChI is InChI=1S/C21H25N3O/c1-4-24(5-2)16-11-9-15(10-12-16)20-17(13-22)14(3)23-18-7-6-8-19(25)21(18)20/h9-12,20,23H,4-8H2,1-3H3/t20-/m0/s1. The number of carbonyl (C=O) groups is 1. The molecule has 2 aliphatic rings. The van der Waals surface area contributed by atoms with E-state index < -0.39 is 0 Å². The van der Waals surface area contributed by atoms with Gasteiger partial charge in [-0.25, -0.2) is 0 Å². The molecule has 1 aromatic carbocycles. The Morgan fingerprint density at radius 2 is 1.88 bits per heavy atom. The number of benzene rings is 1. The van der Waals surface area contributed by atoms with Crippen molar-refractivity contribution in [3.63, 3.8) is 0 Å². The van der Waals surface area contributed by atoms with E-state index in [-0.39, 0.29) is 11.7 Å². The molecule has 0 saturated carbocycles. The fraction of sp³-hybridized carbons (Fsp3) is 0.429. The van der Waals surface area contributed by atoms with Gasteiger partial charge in [-0.2, -0.15) is 5.26 Å². The zero-order chi connectivity index (χ0) is 18.0. The fourth-order valence-electron chi connectivity index (χ4n) is 3.93. The Balaban J connectivity index is 2.05. The topological polar surface area (TPSA) is 56.1 Å². The van der Waals surface area contributed by atoms with Crippen LogP contribution in [0, 0.1) is 11.3 Å². The molecule has 25 heavy (non-hydrogen) atoms. The van der Waals surface area contributed by atoms with Crippen LogP contribution in [0.25, 0.3) is 0 Å². The molecule has 3 rings (SSSR count). The van der Waals surface area contributed by atoms with Crippen molar-refractivity contribution in [3.8, 4) is 6.07 Å². The van der Waals surface area contributed by atoms with Crippen LogP contribution in [0.1, 0.15) is 51.5 Å². The van der Waals surface area contributed by atoms with Crippen LogP contribution >= 0.6 is 0 Å². The second-order valence-electron chi connectivity index (χ2n) is 6.64. The zero-order valence-electron chi connectivity index (χ0n) is 15.2. The summed E-state index contributed by atoms with van der Waals surface area (Å²) in [4.78, 5) is 14.9. The van der Waals surface area contributed by atoms with Crippen molar-refractivity contribution >= 4 is 11.5 Å². The van der Waals surface area contributed by atoms with Crippen LogP contribution in [0.4, 0.5) is 5.69 Å². The lowest BCUT2D eigenvalue weighted by atomic mass is 9.75. The Morgan fingerprint density at radius 3 is 2.48 bits per heavy atom. The normalized spacial score (nSPS) is 20.1. The van der Waals surface area contributed by atoms with Gasteiger partial charge in [0.15, 0.2) is 5.78 Å². The van der Waals surface area contributed by atoms with E-state index in [9.17, 15) is 10.1 Å². The Bertz CT molecular complexity index is 776. The van der Waals surface area contributed by atoms with Crippen LogP contribution in [0.3, 0.4) is 0 Å². The van der Waals surface area contributed by atoms with E-state index >= 15 is 0 Å². The van der Waals surface area contributed by atoms with Crippen molar-refractivity contribution in [1.82, 2.24) is 5.32 Å².